The van der Waals surface area contributed by atoms with Crippen molar-refractivity contribution in [3.63, 3.8) is 0 Å². The highest BCUT2D eigenvalue weighted by molar-refractivity contribution is 9.10. The Morgan fingerprint density at radius 3 is 2.76 bits per heavy atom. The number of nitrogens with zero attached hydrogens (tertiary/aromatic N) is 1. The van der Waals surface area contributed by atoms with Crippen molar-refractivity contribution in [3.8, 4) is 11.6 Å². The third-order valence-electron chi connectivity index (χ3n) is 3.01. The van der Waals surface area contributed by atoms with E-state index >= 15 is 0 Å². The lowest BCUT2D eigenvalue weighted by molar-refractivity contribution is 0.425. The van der Waals surface area contributed by atoms with E-state index in [1.165, 1.54) is 6.07 Å². The van der Waals surface area contributed by atoms with Crippen molar-refractivity contribution in [1.82, 2.24) is 4.98 Å². The first-order valence-electron chi connectivity index (χ1n) is 6.25. The molecule has 0 atom stereocenters. The van der Waals surface area contributed by atoms with Crippen molar-refractivity contribution < 1.29 is 9.13 Å². The Balaban J connectivity index is 2.08. The van der Waals surface area contributed by atoms with E-state index in [1.807, 2.05) is 30.3 Å². The van der Waals surface area contributed by atoms with Gasteiger partial charge in [0, 0.05) is 15.4 Å². The summed E-state index contributed by atoms with van der Waals surface area (Å²) < 4.78 is 20.1. The second kappa shape index (κ2) is 6.00. The lowest BCUT2D eigenvalue weighted by atomic mass is 10.1. The molecule has 0 N–H and O–H groups in total. The van der Waals surface area contributed by atoms with Crippen LogP contribution in [-0.4, -0.2) is 4.98 Å². The van der Waals surface area contributed by atoms with Crippen molar-refractivity contribution >= 4 is 38.4 Å². The molecule has 0 fully saturated rings. The van der Waals surface area contributed by atoms with Gasteiger partial charge in [0.1, 0.15) is 0 Å². The van der Waals surface area contributed by atoms with Crippen LogP contribution in [0.5, 0.6) is 11.6 Å². The maximum Gasteiger partial charge on any atom is 0.224 e. The number of benzene rings is 2. The summed E-state index contributed by atoms with van der Waals surface area (Å²) in [6.07, 6.45) is 0. The Morgan fingerprint density at radius 1 is 1.14 bits per heavy atom. The number of ether oxygens (including phenoxy) is 1. The van der Waals surface area contributed by atoms with Crippen molar-refractivity contribution in [2.24, 2.45) is 0 Å². The molecule has 0 amide bonds. The molecular weight excluding hydrogens is 357 g/mol. The van der Waals surface area contributed by atoms with E-state index in [0.29, 0.717) is 5.88 Å². The molecule has 3 rings (SSSR count). The van der Waals surface area contributed by atoms with Crippen LogP contribution in [0.15, 0.2) is 53.0 Å². The minimum Gasteiger partial charge on any atom is -0.436 e. The second-order valence-electron chi connectivity index (χ2n) is 4.46. The quantitative estimate of drug-likeness (QED) is 0.557. The Morgan fingerprint density at radius 2 is 1.95 bits per heavy atom. The maximum absolute atomic E-state index is 13.8. The van der Waals surface area contributed by atoms with E-state index in [0.717, 1.165) is 20.9 Å². The molecule has 106 valence electrons. The van der Waals surface area contributed by atoms with Gasteiger partial charge in [-0.15, -0.1) is 11.6 Å². The van der Waals surface area contributed by atoms with Crippen molar-refractivity contribution in [1.29, 1.82) is 0 Å². The molecule has 0 aliphatic carbocycles. The van der Waals surface area contributed by atoms with E-state index in [4.69, 9.17) is 16.3 Å². The van der Waals surface area contributed by atoms with Crippen LogP contribution in [0.2, 0.25) is 0 Å². The molecule has 0 saturated heterocycles. The van der Waals surface area contributed by atoms with Gasteiger partial charge in [-0.3, -0.25) is 0 Å². The van der Waals surface area contributed by atoms with Gasteiger partial charge < -0.3 is 4.74 Å². The van der Waals surface area contributed by atoms with Crippen LogP contribution in [-0.2, 0) is 5.88 Å². The summed E-state index contributed by atoms with van der Waals surface area (Å²) in [6.45, 7) is 0. The minimum atomic E-state index is -0.450. The molecule has 1 aromatic heterocycles. The third-order valence-corrected chi connectivity index (χ3v) is 3.79. The molecule has 0 unspecified atom stereocenters. The maximum atomic E-state index is 13.8. The fraction of sp³-hybridized carbons (Fsp3) is 0.0625. The summed E-state index contributed by atoms with van der Waals surface area (Å²) in [5.41, 5.74) is 1.49. The molecule has 3 aromatic rings. The van der Waals surface area contributed by atoms with Crippen LogP contribution in [0, 0.1) is 5.82 Å². The molecule has 0 spiro atoms. The van der Waals surface area contributed by atoms with Gasteiger partial charge in [-0.25, -0.2) is 9.37 Å². The average Bonchev–Trinajstić information content (AvgIpc) is 2.50. The molecule has 0 aliphatic rings. The topological polar surface area (TPSA) is 22.1 Å². The number of fused-ring (bicyclic) bond motifs is 1. The van der Waals surface area contributed by atoms with Gasteiger partial charge in [0.05, 0.1) is 11.4 Å². The Labute approximate surface area is 134 Å². The summed E-state index contributed by atoms with van der Waals surface area (Å²) >= 11 is 9.24. The van der Waals surface area contributed by atoms with E-state index in [1.54, 1.807) is 12.1 Å². The Hall–Kier alpha value is -1.65. The predicted octanol–water partition coefficient (Wildman–Crippen LogP) is 5.67. The number of hydrogen-bond donors (Lipinski definition) is 0. The number of para-hydroxylation sites is 1. The molecule has 2 aromatic carbocycles. The van der Waals surface area contributed by atoms with Gasteiger partial charge in [-0.1, -0.05) is 34.1 Å². The first-order valence-corrected chi connectivity index (χ1v) is 7.57. The molecule has 0 bridgehead atoms. The predicted molar refractivity (Wildman–Crippen MR) is 85.5 cm³/mol. The molecule has 1 heterocycles. The SMILES string of the molecule is Fc1ccc(Br)cc1Oc1nc2ccccc2cc1CCl. The number of halogens is 3. The van der Waals surface area contributed by atoms with Gasteiger partial charge in [-0.2, -0.15) is 0 Å². The molecular formula is C16H10BrClFNO. The fourth-order valence-corrected chi connectivity index (χ4v) is 2.52. The lowest BCUT2D eigenvalue weighted by Crippen LogP contribution is -1.96. The van der Waals surface area contributed by atoms with E-state index in [-0.39, 0.29) is 11.6 Å². The van der Waals surface area contributed by atoms with Crippen molar-refractivity contribution in [3.05, 3.63) is 64.4 Å². The number of hydrogen-bond acceptors (Lipinski definition) is 2. The summed E-state index contributed by atoms with van der Waals surface area (Å²) in [7, 11) is 0. The summed E-state index contributed by atoms with van der Waals surface area (Å²) in [5, 5.41) is 0.968. The zero-order valence-corrected chi connectivity index (χ0v) is 13.2. The zero-order valence-electron chi connectivity index (χ0n) is 10.8. The Bertz CT molecular complexity index is 809. The molecule has 0 radical (unpaired) electrons. The average molecular weight is 367 g/mol. The van der Waals surface area contributed by atoms with Crippen LogP contribution in [0.25, 0.3) is 10.9 Å². The minimum absolute atomic E-state index is 0.110. The summed E-state index contributed by atoms with van der Waals surface area (Å²) in [5.74, 6) is 0.218. The fourth-order valence-electron chi connectivity index (χ4n) is 1.99. The molecule has 21 heavy (non-hydrogen) atoms. The highest BCUT2D eigenvalue weighted by Gasteiger charge is 2.12. The third kappa shape index (κ3) is 3.01. The molecule has 0 aliphatic heterocycles. The van der Waals surface area contributed by atoms with Crippen molar-refractivity contribution in [2.75, 3.05) is 0 Å². The van der Waals surface area contributed by atoms with Crippen LogP contribution in [0.4, 0.5) is 4.39 Å². The molecule has 0 saturated carbocycles. The summed E-state index contributed by atoms with van der Waals surface area (Å²) in [4.78, 5) is 4.42. The van der Waals surface area contributed by atoms with Gasteiger partial charge in [0.15, 0.2) is 11.6 Å². The van der Waals surface area contributed by atoms with Gasteiger partial charge in [0.25, 0.3) is 0 Å². The number of rotatable bonds is 3. The zero-order chi connectivity index (χ0) is 14.8. The van der Waals surface area contributed by atoms with Crippen LogP contribution >= 0.6 is 27.5 Å². The van der Waals surface area contributed by atoms with E-state index in [2.05, 4.69) is 20.9 Å². The highest BCUT2D eigenvalue weighted by atomic mass is 79.9. The first-order chi connectivity index (χ1) is 10.2. The van der Waals surface area contributed by atoms with Gasteiger partial charge in [0.2, 0.25) is 5.88 Å². The number of alkyl halides is 1. The largest absolute Gasteiger partial charge is 0.436 e. The van der Waals surface area contributed by atoms with Gasteiger partial charge in [-0.05, 0) is 30.3 Å². The number of pyridine rings is 1. The first kappa shape index (κ1) is 14.3. The standard InChI is InChI=1S/C16H10BrClFNO/c17-12-5-6-13(19)15(8-12)21-16-11(9-18)7-10-3-1-2-4-14(10)20-16/h1-8H,9H2. The van der Waals surface area contributed by atoms with E-state index in [9.17, 15) is 4.39 Å². The highest BCUT2D eigenvalue weighted by Crippen LogP contribution is 2.31. The molecule has 5 heteroatoms. The van der Waals surface area contributed by atoms with E-state index < -0.39 is 5.82 Å². The second-order valence-corrected chi connectivity index (χ2v) is 5.64. The van der Waals surface area contributed by atoms with Crippen LogP contribution < -0.4 is 4.74 Å². The summed E-state index contributed by atoms with van der Waals surface area (Å²) in [6, 6.07) is 14.0. The normalized spacial score (nSPS) is 10.8. The lowest BCUT2D eigenvalue weighted by Gasteiger charge is -2.11. The number of aromatic nitrogens is 1. The van der Waals surface area contributed by atoms with Crippen molar-refractivity contribution in [2.45, 2.75) is 5.88 Å². The molecule has 2 nitrogen and oxygen atoms in total. The smallest absolute Gasteiger partial charge is 0.224 e. The Kier molecular flexibility index (Phi) is 4.08. The monoisotopic (exact) mass is 365 g/mol. The van der Waals surface area contributed by atoms with Crippen LogP contribution in [0.1, 0.15) is 5.56 Å². The van der Waals surface area contributed by atoms with Crippen LogP contribution in [0.3, 0.4) is 0 Å². The van der Waals surface area contributed by atoms with Gasteiger partial charge >= 0.3 is 0 Å².